The van der Waals surface area contributed by atoms with E-state index in [9.17, 15) is 10.1 Å². The van der Waals surface area contributed by atoms with Crippen LogP contribution < -0.4 is 20.1 Å². The fraction of sp³-hybridized carbons (Fsp3) is 0.308. The number of allylic oxidation sites excluding steroid dienone is 3. The molecule has 0 saturated carbocycles. The monoisotopic (exact) mass is 461 g/mol. The van der Waals surface area contributed by atoms with Crippen LogP contribution in [-0.4, -0.2) is 12.6 Å². The van der Waals surface area contributed by atoms with Crippen LogP contribution in [0, 0.1) is 23.7 Å². The molecular weight excluding hydrogens is 438 g/mol. The average Bonchev–Trinajstić information content (AvgIpc) is 3.22. The van der Waals surface area contributed by atoms with Crippen molar-refractivity contribution in [1.29, 1.82) is 5.26 Å². The number of carbonyl (C=O) groups excluding carboxylic acids is 1. The Morgan fingerprint density at radius 1 is 1.15 bits per heavy atom. The van der Waals surface area contributed by atoms with Gasteiger partial charge >= 0.3 is 0 Å². The van der Waals surface area contributed by atoms with Gasteiger partial charge in [-0.3, -0.25) is 9.69 Å². The molecule has 7 heteroatoms. The third-order valence-electron chi connectivity index (χ3n) is 6.52. The number of hydrogen-bond donors (Lipinski definition) is 1. The van der Waals surface area contributed by atoms with Gasteiger partial charge in [0, 0.05) is 28.4 Å². The molecule has 3 aliphatic rings. The Morgan fingerprint density at radius 3 is 2.64 bits per heavy atom. The number of nitriles is 1. The summed E-state index contributed by atoms with van der Waals surface area (Å²) in [6.45, 7) is 6.22. The van der Waals surface area contributed by atoms with E-state index in [2.05, 4.69) is 19.9 Å². The number of carbonyl (C=O) groups is 1. The van der Waals surface area contributed by atoms with Gasteiger partial charge in [0.25, 0.3) is 0 Å². The summed E-state index contributed by atoms with van der Waals surface area (Å²) >= 11 is 6.43. The van der Waals surface area contributed by atoms with E-state index in [0.717, 1.165) is 22.5 Å². The number of aryl methyl sites for hydroxylation is 1. The summed E-state index contributed by atoms with van der Waals surface area (Å²) in [7, 11) is 0. The number of halogens is 1. The molecule has 0 amide bonds. The van der Waals surface area contributed by atoms with Crippen molar-refractivity contribution in [3.63, 3.8) is 0 Å². The van der Waals surface area contributed by atoms with Gasteiger partial charge in [0.05, 0.1) is 17.6 Å². The number of benzene rings is 2. The maximum absolute atomic E-state index is 13.6. The van der Waals surface area contributed by atoms with Crippen molar-refractivity contribution in [1.82, 2.24) is 0 Å². The number of nitrogens with two attached hydrogens (primary N) is 1. The van der Waals surface area contributed by atoms with E-state index in [1.165, 1.54) is 0 Å². The average molecular weight is 462 g/mol. The minimum atomic E-state index is -0.569. The number of nitrogens with zero attached hydrogens (tertiary/aromatic N) is 2. The second-order valence-corrected chi connectivity index (χ2v) is 9.93. The molecule has 0 saturated heterocycles. The third kappa shape index (κ3) is 3.44. The maximum atomic E-state index is 13.6. The summed E-state index contributed by atoms with van der Waals surface area (Å²) in [6, 6.07) is 13.5. The Bertz CT molecular complexity index is 1300. The van der Waals surface area contributed by atoms with E-state index < -0.39 is 5.92 Å². The van der Waals surface area contributed by atoms with Crippen molar-refractivity contribution >= 4 is 23.1 Å². The van der Waals surface area contributed by atoms with Gasteiger partial charge in [0.2, 0.25) is 6.79 Å². The number of Topliss-reactive ketones (excluding diaryl/α,β-unsaturated/α-hetero) is 1. The van der Waals surface area contributed by atoms with E-state index in [1.54, 1.807) is 0 Å². The zero-order chi connectivity index (χ0) is 23.5. The Kier molecular flexibility index (Phi) is 4.91. The van der Waals surface area contributed by atoms with Crippen LogP contribution in [0.2, 0.25) is 5.02 Å². The predicted octanol–water partition coefficient (Wildman–Crippen LogP) is 5.32. The van der Waals surface area contributed by atoms with E-state index in [4.69, 9.17) is 26.8 Å². The normalized spacial score (nSPS) is 21.2. The number of hydrogen-bond acceptors (Lipinski definition) is 6. The summed E-state index contributed by atoms with van der Waals surface area (Å²) < 4.78 is 11.0. The lowest BCUT2D eigenvalue weighted by atomic mass is 9.68. The van der Waals surface area contributed by atoms with Crippen LogP contribution in [0.3, 0.4) is 0 Å². The van der Waals surface area contributed by atoms with E-state index in [-0.39, 0.29) is 18.0 Å². The highest BCUT2D eigenvalue weighted by Crippen LogP contribution is 2.51. The van der Waals surface area contributed by atoms with Crippen molar-refractivity contribution < 1.29 is 14.3 Å². The second kappa shape index (κ2) is 7.57. The molecule has 0 spiro atoms. The van der Waals surface area contributed by atoms with Gasteiger partial charge in [-0.25, -0.2) is 0 Å². The van der Waals surface area contributed by atoms with Crippen molar-refractivity contribution in [3.8, 4) is 17.6 Å². The zero-order valence-corrected chi connectivity index (χ0v) is 19.5. The highest BCUT2D eigenvalue weighted by molar-refractivity contribution is 6.31. The largest absolute Gasteiger partial charge is 0.454 e. The Hall–Kier alpha value is -3.43. The molecule has 0 unspecified atom stereocenters. The number of anilines is 1. The quantitative estimate of drug-likeness (QED) is 0.651. The molecule has 2 N–H and O–H groups in total. The molecular formula is C26H24ClN3O3. The highest BCUT2D eigenvalue weighted by atomic mass is 35.5. The molecule has 168 valence electrons. The molecule has 0 fully saturated rings. The minimum Gasteiger partial charge on any atom is -0.454 e. The van der Waals surface area contributed by atoms with E-state index >= 15 is 0 Å². The molecule has 2 aromatic carbocycles. The molecule has 5 rings (SSSR count). The first-order valence-electron chi connectivity index (χ1n) is 10.8. The SMILES string of the molecule is Cc1ccc(N2C(N)=C(C#N)[C@H](c3ccc4c(c3)OCO4)C3=C2CC(C)(C)CC3=O)cc1Cl. The van der Waals surface area contributed by atoms with Crippen LogP contribution in [0.5, 0.6) is 11.5 Å². The third-order valence-corrected chi connectivity index (χ3v) is 6.93. The lowest BCUT2D eigenvalue weighted by Gasteiger charge is -2.43. The van der Waals surface area contributed by atoms with Gasteiger partial charge in [0.15, 0.2) is 17.3 Å². The molecule has 2 heterocycles. The highest BCUT2D eigenvalue weighted by Gasteiger charge is 2.45. The summed E-state index contributed by atoms with van der Waals surface area (Å²) in [5, 5.41) is 10.8. The summed E-state index contributed by atoms with van der Waals surface area (Å²) in [5.74, 6) is 1.00. The van der Waals surface area contributed by atoms with Gasteiger partial charge in [-0.2, -0.15) is 5.26 Å². The van der Waals surface area contributed by atoms with Gasteiger partial charge in [-0.05, 0) is 54.2 Å². The van der Waals surface area contributed by atoms with Crippen LogP contribution in [-0.2, 0) is 4.79 Å². The molecule has 2 aliphatic heterocycles. The Balaban J connectivity index is 1.75. The Morgan fingerprint density at radius 2 is 1.91 bits per heavy atom. The second-order valence-electron chi connectivity index (χ2n) is 9.53. The van der Waals surface area contributed by atoms with Gasteiger partial charge in [-0.15, -0.1) is 0 Å². The van der Waals surface area contributed by atoms with E-state index in [0.29, 0.717) is 46.3 Å². The number of ketones is 1. The standard InChI is InChI=1S/C26H24ClN3O3/c1-14-4-6-16(9-18(14)27)30-19-10-26(2,3)11-20(31)24(19)23(17(12-28)25(30)29)15-5-7-21-22(8-15)33-13-32-21/h4-9,23H,10-11,13,29H2,1-3H3/t23-/m0/s1. The molecule has 0 aromatic heterocycles. The molecule has 0 radical (unpaired) electrons. The van der Waals surface area contributed by atoms with Gasteiger partial charge in [0.1, 0.15) is 5.82 Å². The number of rotatable bonds is 2. The molecule has 0 bridgehead atoms. The minimum absolute atomic E-state index is 0.0207. The molecule has 1 aliphatic carbocycles. The lowest BCUT2D eigenvalue weighted by molar-refractivity contribution is -0.118. The molecule has 2 aromatic rings. The maximum Gasteiger partial charge on any atom is 0.231 e. The smallest absolute Gasteiger partial charge is 0.231 e. The van der Waals surface area contributed by atoms with Gasteiger partial charge < -0.3 is 15.2 Å². The summed E-state index contributed by atoms with van der Waals surface area (Å²) in [4.78, 5) is 15.4. The summed E-state index contributed by atoms with van der Waals surface area (Å²) in [5.41, 5.74) is 10.6. The van der Waals surface area contributed by atoms with Crippen LogP contribution in [0.15, 0.2) is 59.1 Å². The number of ether oxygens (including phenoxy) is 2. The molecule has 33 heavy (non-hydrogen) atoms. The first-order valence-corrected chi connectivity index (χ1v) is 11.2. The van der Waals surface area contributed by atoms with Crippen molar-refractivity contribution in [2.24, 2.45) is 11.1 Å². The lowest BCUT2D eigenvalue weighted by Crippen LogP contribution is -2.42. The van der Waals surface area contributed by atoms with Crippen molar-refractivity contribution in [2.45, 2.75) is 39.5 Å². The fourth-order valence-corrected chi connectivity index (χ4v) is 5.13. The topological polar surface area (TPSA) is 88.6 Å². The summed E-state index contributed by atoms with van der Waals surface area (Å²) in [6.07, 6.45) is 1.04. The van der Waals surface area contributed by atoms with Crippen LogP contribution in [0.1, 0.15) is 43.7 Å². The van der Waals surface area contributed by atoms with Crippen molar-refractivity contribution in [2.75, 3.05) is 11.7 Å². The van der Waals surface area contributed by atoms with Crippen molar-refractivity contribution in [3.05, 3.63) is 75.2 Å². The van der Waals surface area contributed by atoms with Crippen LogP contribution in [0.25, 0.3) is 0 Å². The zero-order valence-electron chi connectivity index (χ0n) is 18.7. The number of fused-ring (bicyclic) bond motifs is 1. The Labute approximate surface area is 197 Å². The molecule has 1 atom stereocenters. The predicted molar refractivity (Wildman–Crippen MR) is 126 cm³/mol. The fourth-order valence-electron chi connectivity index (χ4n) is 4.95. The van der Waals surface area contributed by atoms with Crippen LogP contribution >= 0.6 is 11.6 Å². The first kappa shape index (κ1) is 21.4. The van der Waals surface area contributed by atoms with Gasteiger partial charge in [-0.1, -0.05) is 37.6 Å². The van der Waals surface area contributed by atoms with Crippen LogP contribution in [0.4, 0.5) is 5.69 Å². The first-order chi connectivity index (χ1) is 15.7. The molecule has 6 nitrogen and oxygen atoms in total. The van der Waals surface area contributed by atoms with E-state index in [1.807, 2.05) is 48.2 Å².